The number of nitrogens with one attached hydrogen (secondary N) is 1. The molecule has 0 radical (unpaired) electrons. The first-order valence-electron chi connectivity index (χ1n) is 8.07. The number of aromatic nitrogens is 3. The van der Waals surface area contributed by atoms with Crippen molar-refractivity contribution in [2.75, 3.05) is 32.2 Å². The molecule has 3 heterocycles. The minimum atomic E-state index is -0.593. The standard InChI is InChI=1S/C16H17ClN6O3/c1-21-14-11(13(24)18-16(21)25)22(7-8-26-2)15-20-19-12(23(14)15)9-3-5-10(17)6-4-9/h3-6,11,14H,7-8H2,1-2H3,(H,18,24,25). The molecule has 1 aromatic carbocycles. The Morgan fingerprint density at radius 3 is 2.65 bits per heavy atom. The molecule has 2 unspecified atom stereocenters. The summed E-state index contributed by atoms with van der Waals surface area (Å²) in [5, 5.41) is 11.6. The Morgan fingerprint density at radius 2 is 1.96 bits per heavy atom. The first kappa shape index (κ1) is 16.8. The number of urea groups is 1. The number of likely N-dealkylation sites (N-methyl/N-ethyl adjacent to an activating group) is 1. The number of benzene rings is 1. The molecule has 3 amide bonds. The number of hydrogen-bond donors (Lipinski definition) is 1. The molecule has 2 aliphatic heterocycles. The molecule has 4 rings (SSSR count). The van der Waals surface area contributed by atoms with E-state index in [-0.39, 0.29) is 5.91 Å². The zero-order valence-electron chi connectivity index (χ0n) is 14.2. The predicted molar refractivity (Wildman–Crippen MR) is 93.8 cm³/mol. The summed E-state index contributed by atoms with van der Waals surface area (Å²) in [5.74, 6) is 0.737. The maximum atomic E-state index is 12.5. The van der Waals surface area contributed by atoms with Crippen molar-refractivity contribution in [3.63, 3.8) is 0 Å². The first-order chi connectivity index (χ1) is 12.5. The normalized spacial score (nSPS) is 21.7. The largest absolute Gasteiger partial charge is 0.383 e. The molecular weight excluding hydrogens is 360 g/mol. The van der Waals surface area contributed by atoms with Crippen LogP contribution in [0.1, 0.15) is 6.17 Å². The third-order valence-electron chi connectivity index (χ3n) is 4.67. The minimum absolute atomic E-state index is 0.359. The van der Waals surface area contributed by atoms with Crippen molar-refractivity contribution in [2.24, 2.45) is 0 Å². The molecule has 1 saturated heterocycles. The zero-order chi connectivity index (χ0) is 18.4. The van der Waals surface area contributed by atoms with Crippen LogP contribution in [0.15, 0.2) is 24.3 Å². The summed E-state index contributed by atoms with van der Waals surface area (Å²) in [6, 6.07) is 6.14. The summed E-state index contributed by atoms with van der Waals surface area (Å²) in [4.78, 5) is 28.0. The summed E-state index contributed by atoms with van der Waals surface area (Å²) in [6.45, 7) is 0.864. The lowest BCUT2D eigenvalue weighted by Gasteiger charge is -2.36. The van der Waals surface area contributed by atoms with Gasteiger partial charge in [0.15, 0.2) is 11.9 Å². The number of carbonyl (C=O) groups excluding carboxylic acids is 2. The highest BCUT2D eigenvalue weighted by Gasteiger charge is 2.52. The molecule has 0 saturated carbocycles. The number of anilines is 1. The monoisotopic (exact) mass is 376 g/mol. The second kappa shape index (κ2) is 6.26. The molecule has 1 aromatic heterocycles. The van der Waals surface area contributed by atoms with Gasteiger partial charge in [-0.2, -0.15) is 0 Å². The Kier molecular flexibility index (Phi) is 4.04. The van der Waals surface area contributed by atoms with Gasteiger partial charge < -0.3 is 14.5 Å². The number of rotatable bonds is 4. The predicted octanol–water partition coefficient (Wildman–Crippen LogP) is 1.11. The van der Waals surface area contributed by atoms with Gasteiger partial charge in [-0.15, -0.1) is 10.2 Å². The van der Waals surface area contributed by atoms with Crippen LogP contribution in [0, 0.1) is 0 Å². The fourth-order valence-electron chi connectivity index (χ4n) is 3.42. The molecular formula is C16H17ClN6O3. The van der Waals surface area contributed by atoms with Crippen molar-refractivity contribution in [1.29, 1.82) is 0 Å². The molecule has 10 heteroatoms. The van der Waals surface area contributed by atoms with E-state index in [1.165, 1.54) is 4.90 Å². The van der Waals surface area contributed by atoms with Crippen molar-refractivity contribution in [3.05, 3.63) is 29.3 Å². The first-order valence-corrected chi connectivity index (χ1v) is 8.45. The van der Waals surface area contributed by atoms with Gasteiger partial charge >= 0.3 is 6.03 Å². The summed E-state index contributed by atoms with van der Waals surface area (Å²) >= 11 is 5.97. The fraction of sp³-hybridized carbons (Fsp3) is 0.375. The number of ether oxygens (including phenoxy) is 1. The molecule has 0 bridgehead atoms. The molecule has 1 N–H and O–H groups in total. The summed E-state index contributed by atoms with van der Waals surface area (Å²) in [7, 11) is 3.24. The second-order valence-corrected chi connectivity index (χ2v) is 6.59. The highest BCUT2D eigenvalue weighted by molar-refractivity contribution is 6.30. The van der Waals surface area contributed by atoms with E-state index in [1.54, 1.807) is 26.3 Å². The van der Waals surface area contributed by atoms with E-state index in [2.05, 4.69) is 15.5 Å². The van der Waals surface area contributed by atoms with Crippen molar-refractivity contribution in [1.82, 2.24) is 25.0 Å². The van der Waals surface area contributed by atoms with E-state index < -0.39 is 18.2 Å². The lowest BCUT2D eigenvalue weighted by molar-refractivity contribution is -0.124. The number of amides is 3. The van der Waals surface area contributed by atoms with E-state index in [0.29, 0.717) is 29.9 Å². The summed E-state index contributed by atoms with van der Waals surface area (Å²) in [6.07, 6.45) is -0.538. The fourth-order valence-corrected chi connectivity index (χ4v) is 3.55. The second-order valence-electron chi connectivity index (χ2n) is 6.15. The maximum absolute atomic E-state index is 12.5. The Balaban J connectivity index is 1.84. The van der Waals surface area contributed by atoms with Gasteiger partial charge in [0.05, 0.1) is 6.61 Å². The highest BCUT2D eigenvalue weighted by Crippen LogP contribution is 2.40. The van der Waals surface area contributed by atoms with E-state index in [4.69, 9.17) is 16.3 Å². The van der Waals surface area contributed by atoms with Crippen LogP contribution in [-0.4, -0.2) is 65.0 Å². The molecule has 1 fully saturated rings. The van der Waals surface area contributed by atoms with Crippen LogP contribution in [0.5, 0.6) is 0 Å². The van der Waals surface area contributed by atoms with Gasteiger partial charge in [-0.1, -0.05) is 11.6 Å². The number of fused-ring (bicyclic) bond motifs is 3. The topological polar surface area (TPSA) is 92.6 Å². The molecule has 2 aromatic rings. The number of nitrogens with zero attached hydrogens (tertiary/aromatic N) is 5. The Morgan fingerprint density at radius 1 is 1.23 bits per heavy atom. The van der Waals surface area contributed by atoms with Crippen LogP contribution in [0.4, 0.5) is 10.7 Å². The summed E-state index contributed by atoms with van der Waals surface area (Å²) in [5.41, 5.74) is 0.798. The number of imide groups is 1. The van der Waals surface area contributed by atoms with Crippen molar-refractivity contribution in [3.8, 4) is 11.4 Å². The number of hydrogen-bond acceptors (Lipinski definition) is 6. The molecule has 9 nitrogen and oxygen atoms in total. The molecule has 26 heavy (non-hydrogen) atoms. The van der Waals surface area contributed by atoms with E-state index in [1.807, 2.05) is 21.6 Å². The van der Waals surface area contributed by atoms with Crippen LogP contribution in [0.3, 0.4) is 0 Å². The van der Waals surface area contributed by atoms with Crippen molar-refractivity contribution < 1.29 is 14.3 Å². The van der Waals surface area contributed by atoms with Gasteiger partial charge in [-0.3, -0.25) is 14.7 Å². The van der Waals surface area contributed by atoms with Gasteiger partial charge in [0, 0.05) is 31.3 Å². The Bertz CT molecular complexity index is 867. The van der Waals surface area contributed by atoms with Gasteiger partial charge in [-0.25, -0.2) is 4.79 Å². The van der Waals surface area contributed by atoms with Gasteiger partial charge in [-0.05, 0) is 24.3 Å². The smallest absolute Gasteiger partial charge is 0.325 e. The number of carbonyl (C=O) groups is 2. The van der Waals surface area contributed by atoms with Gasteiger partial charge in [0.1, 0.15) is 6.17 Å². The quantitative estimate of drug-likeness (QED) is 0.859. The minimum Gasteiger partial charge on any atom is -0.383 e. The number of halogens is 1. The van der Waals surface area contributed by atoms with E-state index in [0.717, 1.165) is 5.56 Å². The Labute approximate surface area is 154 Å². The van der Waals surface area contributed by atoms with Crippen LogP contribution in [-0.2, 0) is 9.53 Å². The molecule has 136 valence electrons. The molecule has 2 aliphatic rings. The molecule has 0 spiro atoms. The van der Waals surface area contributed by atoms with Crippen LogP contribution >= 0.6 is 11.6 Å². The lowest BCUT2D eigenvalue weighted by Crippen LogP contribution is -2.61. The third kappa shape index (κ3) is 2.43. The van der Waals surface area contributed by atoms with Gasteiger partial charge in [0.25, 0.3) is 5.91 Å². The highest BCUT2D eigenvalue weighted by atomic mass is 35.5. The van der Waals surface area contributed by atoms with Gasteiger partial charge in [0.2, 0.25) is 5.95 Å². The van der Waals surface area contributed by atoms with Crippen LogP contribution < -0.4 is 10.2 Å². The SMILES string of the molecule is COCCN1c2nnc(-c3ccc(Cl)cc3)n2C2C1C(=O)NC(=O)N2C. The van der Waals surface area contributed by atoms with Crippen molar-refractivity contribution in [2.45, 2.75) is 12.2 Å². The lowest BCUT2D eigenvalue weighted by atomic mass is 10.1. The van der Waals surface area contributed by atoms with Crippen LogP contribution in [0.2, 0.25) is 5.02 Å². The zero-order valence-corrected chi connectivity index (χ0v) is 15.0. The van der Waals surface area contributed by atoms with E-state index in [9.17, 15) is 9.59 Å². The number of methoxy groups -OCH3 is 1. The van der Waals surface area contributed by atoms with E-state index >= 15 is 0 Å². The average Bonchev–Trinajstić information content (AvgIpc) is 3.17. The Hall–Kier alpha value is -2.65. The van der Waals surface area contributed by atoms with Crippen LogP contribution in [0.25, 0.3) is 11.4 Å². The third-order valence-corrected chi connectivity index (χ3v) is 4.92. The summed E-state index contributed by atoms with van der Waals surface area (Å²) < 4.78 is 6.98. The maximum Gasteiger partial charge on any atom is 0.325 e. The molecule has 0 aliphatic carbocycles. The average molecular weight is 377 g/mol. The molecule has 2 atom stereocenters. The van der Waals surface area contributed by atoms with Crippen molar-refractivity contribution >= 4 is 29.5 Å².